The van der Waals surface area contributed by atoms with Gasteiger partial charge in [0.25, 0.3) is 5.91 Å². The molecule has 4 nitrogen and oxygen atoms in total. The van der Waals surface area contributed by atoms with Crippen molar-refractivity contribution in [3.63, 3.8) is 0 Å². The van der Waals surface area contributed by atoms with E-state index >= 15 is 0 Å². The van der Waals surface area contributed by atoms with E-state index in [2.05, 4.69) is 24.3 Å². The predicted octanol–water partition coefficient (Wildman–Crippen LogP) is 4.90. The quantitative estimate of drug-likeness (QED) is 0.679. The first-order chi connectivity index (χ1) is 11.9. The van der Waals surface area contributed by atoms with E-state index in [0.717, 1.165) is 29.8 Å². The molecule has 0 aliphatic carbocycles. The molecule has 136 valence electrons. The minimum absolute atomic E-state index is 0.0376. The summed E-state index contributed by atoms with van der Waals surface area (Å²) >= 11 is 6.24. The van der Waals surface area contributed by atoms with E-state index in [9.17, 15) is 4.79 Å². The van der Waals surface area contributed by atoms with E-state index in [1.54, 1.807) is 0 Å². The summed E-state index contributed by atoms with van der Waals surface area (Å²) in [6.45, 7) is 8.63. The van der Waals surface area contributed by atoms with Crippen LogP contribution in [0, 0.1) is 13.8 Å². The van der Waals surface area contributed by atoms with Crippen LogP contribution in [0.3, 0.4) is 0 Å². The van der Waals surface area contributed by atoms with Crippen molar-refractivity contribution in [3.8, 4) is 0 Å². The highest BCUT2D eigenvalue weighted by Crippen LogP contribution is 2.19. The number of aryl methyl sites for hydroxylation is 1. The van der Waals surface area contributed by atoms with Crippen LogP contribution in [-0.4, -0.2) is 21.7 Å². The second-order valence-corrected chi connectivity index (χ2v) is 7.07. The smallest absolute Gasteiger partial charge is 0.255 e. The van der Waals surface area contributed by atoms with Crippen molar-refractivity contribution in [1.82, 2.24) is 15.1 Å². The number of carbonyl (C=O) groups is 1. The second kappa shape index (κ2) is 9.04. The molecule has 2 rings (SSSR count). The van der Waals surface area contributed by atoms with Crippen molar-refractivity contribution >= 4 is 17.5 Å². The number of carbonyl (C=O) groups excluding carboxylic acids is 1. The first kappa shape index (κ1) is 19.5. The molecule has 0 spiro atoms. The van der Waals surface area contributed by atoms with Gasteiger partial charge < -0.3 is 5.32 Å². The van der Waals surface area contributed by atoms with Crippen LogP contribution in [0.2, 0.25) is 5.02 Å². The molecular formula is C20H28ClN3O. The summed E-state index contributed by atoms with van der Waals surface area (Å²) in [6, 6.07) is 7.89. The minimum atomic E-state index is -0.0376. The van der Waals surface area contributed by atoms with E-state index in [-0.39, 0.29) is 11.9 Å². The molecule has 0 saturated heterocycles. The third-order valence-electron chi connectivity index (χ3n) is 4.50. The monoisotopic (exact) mass is 361 g/mol. The van der Waals surface area contributed by atoms with Gasteiger partial charge in [-0.3, -0.25) is 9.48 Å². The third kappa shape index (κ3) is 5.08. The van der Waals surface area contributed by atoms with Crippen molar-refractivity contribution in [1.29, 1.82) is 0 Å². The number of nitrogens with zero attached hydrogens (tertiary/aromatic N) is 2. The predicted molar refractivity (Wildman–Crippen MR) is 103 cm³/mol. The molecule has 2 aromatic rings. The molecule has 1 aromatic heterocycles. The average Bonchev–Trinajstić information content (AvgIpc) is 2.83. The molecular weight excluding hydrogens is 334 g/mol. The topological polar surface area (TPSA) is 46.9 Å². The van der Waals surface area contributed by atoms with E-state index in [4.69, 9.17) is 11.6 Å². The Kier molecular flexibility index (Phi) is 7.06. The number of nitrogens with one attached hydrogen (secondary N) is 1. The first-order valence-corrected chi connectivity index (χ1v) is 9.40. The summed E-state index contributed by atoms with van der Waals surface area (Å²) in [5.41, 5.74) is 3.29. The summed E-state index contributed by atoms with van der Waals surface area (Å²) < 4.78 is 1.85. The zero-order valence-corrected chi connectivity index (χ0v) is 16.4. The minimum Gasteiger partial charge on any atom is -0.349 e. The number of benzene rings is 1. The van der Waals surface area contributed by atoms with Crippen LogP contribution in [0.1, 0.15) is 66.8 Å². The normalized spacial score (nSPS) is 12.2. The molecule has 25 heavy (non-hydrogen) atoms. The Morgan fingerprint density at radius 3 is 2.68 bits per heavy atom. The van der Waals surface area contributed by atoms with Gasteiger partial charge in [0.15, 0.2) is 0 Å². The maximum atomic E-state index is 12.7. The standard InChI is InChI=1S/C20H28ClN3O/c1-5-6-7-10-14(2)22-20(25)19-15(3)23-24(16(19)4)13-17-11-8-9-12-18(17)21/h8-9,11-12,14H,5-7,10,13H2,1-4H3,(H,22,25). The number of halogens is 1. The summed E-state index contributed by atoms with van der Waals surface area (Å²) in [5, 5.41) is 8.37. The van der Waals surface area contributed by atoms with Gasteiger partial charge in [-0.2, -0.15) is 5.10 Å². The van der Waals surface area contributed by atoms with Gasteiger partial charge in [-0.1, -0.05) is 56.0 Å². The van der Waals surface area contributed by atoms with Gasteiger partial charge in [0.2, 0.25) is 0 Å². The van der Waals surface area contributed by atoms with Crippen LogP contribution in [0.15, 0.2) is 24.3 Å². The van der Waals surface area contributed by atoms with Crippen LogP contribution in [0.5, 0.6) is 0 Å². The summed E-state index contributed by atoms with van der Waals surface area (Å²) in [7, 11) is 0. The Labute approximate surface area is 155 Å². The van der Waals surface area contributed by atoms with E-state index in [1.165, 1.54) is 12.8 Å². The maximum absolute atomic E-state index is 12.7. The molecule has 1 atom stereocenters. The van der Waals surface area contributed by atoms with Crippen LogP contribution in [-0.2, 0) is 6.54 Å². The zero-order valence-electron chi connectivity index (χ0n) is 15.6. The zero-order chi connectivity index (χ0) is 18.4. The first-order valence-electron chi connectivity index (χ1n) is 9.02. The highest BCUT2D eigenvalue weighted by molar-refractivity contribution is 6.31. The molecule has 0 saturated carbocycles. The molecule has 1 unspecified atom stereocenters. The highest BCUT2D eigenvalue weighted by Gasteiger charge is 2.20. The molecule has 5 heteroatoms. The molecule has 1 aromatic carbocycles. The molecule has 0 aliphatic rings. The third-order valence-corrected chi connectivity index (χ3v) is 4.87. The van der Waals surface area contributed by atoms with Gasteiger partial charge in [-0.15, -0.1) is 0 Å². The number of rotatable bonds is 8. The van der Waals surface area contributed by atoms with Gasteiger partial charge in [0.05, 0.1) is 17.8 Å². The van der Waals surface area contributed by atoms with Gasteiger partial charge >= 0.3 is 0 Å². The van der Waals surface area contributed by atoms with Gasteiger partial charge in [0.1, 0.15) is 0 Å². The van der Waals surface area contributed by atoms with Crippen molar-refractivity contribution < 1.29 is 4.79 Å². The van der Waals surface area contributed by atoms with Crippen molar-refractivity contribution in [2.45, 2.75) is 66.0 Å². The number of unbranched alkanes of at least 4 members (excludes halogenated alkanes) is 2. The van der Waals surface area contributed by atoms with Crippen molar-refractivity contribution in [3.05, 3.63) is 51.8 Å². The lowest BCUT2D eigenvalue weighted by Crippen LogP contribution is -2.33. The SMILES string of the molecule is CCCCCC(C)NC(=O)c1c(C)nn(Cc2ccccc2Cl)c1C. The average molecular weight is 362 g/mol. The van der Waals surface area contributed by atoms with Crippen molar-refractivity contribution in [2.75, 3.05) is 0 Å². The Balaban J connectivity index is 2.10. The Hall–Kier alpha value is -1.81. The highest BCUT2D eigenvalue weighted by atomic mass is 35.5. The Morgan fingerprint density at radius 1 is 1.28 bits per heavy atom. The largest absolute Gasteiger partial charge is 0.349 e. The summed E-state index contributed by atoms with van der Waals surface area (Å²) in [6.07, 6.45) is 4.54. The molecule has 1 amide bonds. The molecule has 1 heterocycles. The molecule has 0 bridgehead atoms. The Morgan fingerprint density at radius 2 is 2.00 bits per heavy atom. The number of amides is 1. The maximum Gasteiger partial charge on any atom is 0.255 e. The fourth-order valence-corrected chi connectivity index (χ4v) is 3.23. The summed E-state index contributed by atoms with van der Waals surface area (Å²) in [5.74, 6) is -0.0376. The van der Waals surface area contributed by atoms with Crippen LogP contribution < -0.4 is 5.32 Å². The van der Waals surface area contributed by atoms with Crippen LogP contribution in [0.25, 0.3) is 0 Å². The van der Waals surface area contributed by atoms with Gasteiger partial charge in [-0.05, 0) is 38.8 Å². The van der Waals surface area contributed by atoms with E-state index < -0.39 is 0 Å². The molecule has 0 aliphatic heterocycles. The van der Waals surface area contributed by atoms with E-state index in [1.807, 2.05) is 42.8 Å². The lowest BCUT2D eigenvalue weighted by Gasteiger charge is -2.14. The molecule has 0 fully saturated rings. The van der Waals surface area contributed by atoms with Crippen molar-refractivity contribution in [2.24, 2.45) is 0 Å². The number of hydrogen-bond acceptors (Lipinski definition) is 2. The van der Waals surface area contributed by atoms with Gasteiger partial charge in [0, 0.05) is 16.8 Å². The number of aromatic nitrogens is 2. The molecule has 1 N–H and O–H groups in total. The van der Waals surface area contributed by atoms with Crippen LogP contribution >= 0.6 is 11.6 Å². The van der Waals surface area contributed by atoms with Crippen LogP contribution in [0.4, 0.5) is 0 Å². The second-order valence-electron chi connectivity index (χ2n) is 6.67. The lowest BCUT2D eigenvalue weighted by molar-refractivity contribution is 0.0936. The Bertz CT molecular complexity index is 724. The van der Waals surface area contributed by atoms with E-state index in [0.29, 0.717) is 17.1 Å². The fourth-order valence-electron chi connectivity index (χ4n) is 3.04. The molecule has 0 radical (unpaired) electrons. The summed E-state index contributed by atoms with van der Waals surface area (Å²) in [4.78, 5) is 12.7. The lowest BCUT2D eigenvalue weighted by atomic mass is 10.1. The number of hydrogen-bond donors (Lipinski definition) is 1. The van der Waals surface area contributed by atoms with Gasteiger partial charge in [-0.25, -0.2) is 0 Å². The fraction of sp³-hybridized carbons (Fsp3) is 0.500.